The number of halogens is 3. The van der Waals surface area contributed by atoms with Gasteiger partial charge in [0.05, 0.1) is 17.3 Å². The molecule has 9 heteroatoms. The minimum atomic E-state index is -4.12. The number of nitrogens with zero attached hydrogens (tertiary/aromatic N) is 4. The van der Waals surface area contributed by atoms with Crippen LogP contribution in [0.2, 0.25) is 0 Å². The fraction of sp³-hybridized carbons (Fsp3) is 0.720. The largest absolute Gasteiger partial charge is 0.444 e. The molecule has 1 amide bonds. The Morgan fingerprint density at radius 2 is 1.76 bits per heavy atom. The van der Waals surface area contributed by atoms with Gasteiger partial charge in [-0.3, -0.25) is 0 Å². The Bertz CT molecular complexity index is 1040. The third kappa shape index (κ3) is 5.18. The molecule has 1 aliphatic carbocycles. The highest BCUT2D eigenvalue weighted by atomic mass is 19.4. The van der Waals surface area contributed by atoms with Gasteiger partial charge in [0.1, 0.15) is 5.60 Å². The summed E-state index contributed by atoms with van der Waals surface area (Å²) in [5, 5.41) is 4.84. The number of amides is 1. The molecule has 2 aromatic heterocycles. The number of aromatic nitrogens is 3. The van der Waals surface area contributed by atoms with Gasteiger partial charge >= 0.3 is 12.3 Å². The van der Waals surface area contributed by atoms with E-state index in [4.69, 9.17) is 9.84 Å². The number of hydrogen-bond donors (Lipinski definition) is 0. The SMILES string of the molecule is Cc1cc([C@@H]2CCCN(C(=O)OC(C)(C)C)[C@@H]2C)n2nc([C@H]3CC[C@H](C(F)(F)F)CC3)cc2n1. The smallest absolute Gasteiger partial charge is 0.410 e. The van der Waals surface area contributed by atoms with Crippen LogP contribution < -0.4 is 0 Å². The Kier molecular flexibility index (Phi) is 6.59. The molecule has 4 rings (SSSR count). The maximum absolute atomic E-state index is 13.1. The van der Waals surface area contributed by atoms with E-state index in [1.54, 1.807) is 4.90 Å². The maximum atomic E-state index is 13.1. The molecule has 0 radical (unpaired) electrons. The van der Waals surface area contributed by atoms with E-state index in [2.05, 4.69) is 4.98 Å². The highest BCUT2D eigenvalue weighted by Gasteiger charge is 2.42. The zero-order valence-corrected chi connectivity index (χ0v) is 20.7. The van der Waals surface area contributed by atoms with Crippen LogP contribution in [0.15, 0.2) is 12.1 Å². The first kappa shape index (κ1) is 24.8. The molecule has 6 nitrogen and oxygen atoms in total. The summed E-state index contributed by atoms with van der Waals surface area (Å²) < 4.78 is 46.7. The van der Waals surface area contributed by atoms with Crippen LogP contribution in [-0.2, 0) is 4.74 Å². The van der Waals surface area contributed by atoms with Crippen molar-refractivity contribution >= 4 is 11.7 Å². The minimum Gasteiger partial charge on any atom is -0.444 e. The highest BCUT2D eigenvalue weighted by Crippen LogP contribution is 2.43. The van der Waals surface area contributed by atoms with Gasteiger partial charge in [-0.1, -0.05) is 0 Å². The van der Waals surface area contributed by atoms with Crippen molar-refractivity contribution in [2.75, 3.05) is 6.54 Å². The topological polar surface area (TPSA) is 59.7 Å². The van der Waals surface area contributed by atoms with Crippen LogP contribution >= 0.6 is 0 Å². The van der Waals surface area contributed by atoms with E-state index in [-0.39, 0.29) is 36.8 Å². The molecule has 0 bridgehead atoms. The van der Waals surface area contributed by atoms with Crippen LogP contribution in [-0.4, -0.2) is 50.0 Å². The molecular formula is C25H35F3N4O2. The summed E-state index contributed by atoms with van der Waals surface area (Å²) in [7, 11) is 0. The molecule has 2 fully saturated rings. The van der Waals surface area contributed by atoms with Gasteiger partial charge in [-0.2, -0.15) is 18.3 Å². The molecule has 34 heavy (non-hydrogen) atoms. The summed E-state index contributed by atoms with van der Waals surface area (Å²) in [6.07, 6.45) is -1.42. The number of fused-ring (bicyclic) bond motifs is 1. The Balaban J connectivity index is 1.59. The molecule has 1 aliphatic heterocycles. The van der Waals surface area contributed by atoms with Gasteiger partial charge < -0.3 is 9.64 Å². The van der Waals surface area contributed by atoms with Crippen LogP contribution in [0.3, 0.4) is 0 Å². The summed E-state index contributed by atoms with van der Waals surface area (Å²) in [5.41, 5.74) is 2.80. The minimum absolute atomic E-state index is 0.00972. The molecule has 2 aliphatic rings. The standard InChI is InChI=1S/C25H35F3N4O2/c1-15-13-21(19-7-6-12-31(16(19)2)23(33)34-24(3,4)5)32-22(29-15)14-20(30-32)17-8-10-18(11-9-17)25(26,27)28/h13-14,16-19H,6-12H2,1-5H3/t16-,17-,18-,19-/m1/s1. The van der Waals surface area contributed by atoms with Gasteiger partial charge in [0, 0.05) is 36.2 Å². The van der Waals surface area contributed by atoms with Crippen LogP contribution in [0.5, 0.6) is 0 Å². The van der Waals surface area contributed by atoms with E-state index in [0.717, 1.165) is 29.9 Å². The first-order chi connectivity index (χ1) is 15.8. The van der Waals surface area contributed by atoms with E-state index in [9.17, 15) is 18.0 Å². The fourth-order valence-electron chi connectivity index (χ4n) is 5.44. The van der Waals surface area contributed by atoms with Gasteiger partial charge in [-0.05, 0) is 79.2 Å². The van der Waals surface area contributed by atoms with Crippen molar-refractivity contribution < 1.29 is 22.7 Å². The summed E-state index contributed by atoms with van der Waals surface area (Å²) in [6.45, 7) is 10.2. The van der Waals surface area contributed by atoms with Crippen molar-refractivity contribution in [2.45, 2.75) is 103 Å². The van der Waals surface area contributed by atoms with E-state index in [1.165, 1.54) is 0 Å². The molecule has 0 unspecified atom stereocenters. The Morgan fingerprint density at radius 3 is 2.38 bits per heavy atom. The molecule has 188 valence electrons. The zero-order valence-electron chi connectivity index (χ0n) is 20.7. The lowest BCUT2D eigenvalue weighted by atomic mass is 9.80. The van der Waals surface area contributed by atoms with Crippen LogP contribution in [0.4, 0.5) is 18.0 Å². The van der Waals surface area contributed by atoms with Crippen molar-refractivity contribution in [1.82, 2.24) is 19.5 Å². The second kappa shape index (κ2) is 9.04. The average Bonchev–Trinajstić information content (AvgIpc) is 3.15. The summed E-state index contributed by atoms with van der Waals surface area (Å²) in [6, 6.07) is 3.86. The zero-order chi connectivity index (χ0) is 24.8. The molecule has 0 N–H and O–H groups in total. The van der Waals surface area contributed by atoms with Gasteiger partial charge in [0.25, 0.3) is 0 Å². The number of aryl methyl sites for hydroxylation is 1. The van der Waals surface area contributed by atoms with Crippen molar-refractivity contribution in [3.05, 3.63) is 29.2 Å². The highest BCUT2D eigenvalue weighted by molar-refractivity contribution is 5.69. The van der Waals surface area contributed by atoms with Gasteiger partial charge in [0.2, 0.25) is 0 Å². The number of carbonyl (C=O) groups excluding carboxylic acids is 1. The Labute approximate surface area is 198 Å². The molecule has 2 atom stereocenters. The lowest BCUT2D eigenvalue weighted by molar-refractivity contribution is -0.182. The third-order valence-electron chi connectivity index (χ3n) is 7.21. The number of hydrogen-bond acceptors (Lipinski definition) is 4. The lowest BCUT2D eigenvalue weighted by Crippen LogP contribution is -2.48. The normalized spacial score (nSPS) is 26.6. The summed E-state index contributed by atoms with van der Waals surface area (Å²) >= 11 is 0. The molecule has 3 heterocycles. The number of piperidine rings is 1. The molecule has 1 saturated heterocycles. The predicted molar refractivity (Wildman–Crippen MR) is 123 cm³/mol. The van der Waals surface area contributed by atoms with E-state index in [1.807, 2.05) is 51.3 Å². The first-order valence-electron chi connectivity index (χ1n) is 12.3. The first-order valence-corrected chi connectivity index (χ1v) is 12.3. The summed E-state index contributed by atoms with van der Waals surface area (Å²) in [5.74, 6) is -1.15. The van der Waals surface area contributed by atoms with Crippen LogP contribution in [0, 0.1) is 12.8 Å². The molecular weight excluding hydrogens is 445 g/mol. The van der Waals surface area contributed by atoms with Crippen LogP contribution in [0.1, 0.15) is 95.1 Å². The Hall–Kier alpha value is -2.32. The van der Waals surface area contributed by atoms with Crippen LogP contribution in [0.25, 0.3) is 5.65 Å². The van der Waals surface area contributed by atoms with E-state index < -0.39 is 17.7 Å². The van der Waals surface area contributed by atoms with Crippen molar-refractivity contribution in [2.24, 2.45) is 5.92 Å². The number of carbonyl (C=O) groups is 1. The van der Waals surface area contributed by atoms with Crippen molar-refractivity contribution in [3.63, 3.8) is 0 Å². The lowest BCUT2D eigenvalue weighted by Gasteiger charge is -2.40. The quantitative estimate of drug-likeness (QED) is 0.501. The number of alkyl halides is 3. The predicted octanol–water partition coefficient (Wildman–Crippen LogP) is 6.38. The van der Waals surface area contributed by atoms with Crippen molar-refractivity contribution in [1.29, 1.82) is 0 Å². The van der Waals surface area contributed by atoms with Gasteiger partial charge in [0.15, 0.2) is 5.65 Å². The van der Waals surface area contributed by atoms with Gasteiger partial charge in [-0.25, -0.2) is 14.3 Å². The molecule has 0 spiro atoms. The number of ether oxygens (including phenoxy) is 1. The molecule has 0 aromatic carbocycles. The molecule has 2 aromatic rings. The van der Waals surface area contributed by atoms with Crippen molar-refractivity contribution in [3.8, 4) is 0 Å². The number of likely N-dealkylation sites (tertiary alicyclic amines) is 1. The van der Waals surface area contributed by atoms with E-state index in [0.29, 0.717) is 25.0 Å². The third-order valence-corrected chi connectivity index (χ3v) is 7.21. The fourth-order valence-corrected chi connectivity index (χ4v) is 5.44. The monoisotopic (exact) mass is 480 g/mol. The number of rotatable bonds is 2. The second-order valence-electron chi connectivity index (χ2n) is 10.9. The molecule has 1 saturated carbocycles. The summed E-state index contributed by atoms with van der Waals surface area (Å²) in [4.78, 5) is 19.3. The Morgan fingerprint density at radius 1 is 1.09 bits per heavy atom. The van der Waals surface area contributed by atoms with E-state index >= 15 is 0 Å². The average molecular weight is 481 g/mol. The maximum Gasteiger partial charge on any atom is 0.410 e. The second-order valence-corrected chi connectivity index (χ2v) is 10.9. The van der Waals surface area contributed by atoms with Gasteiger partial charge in [-0.15, -0.1) is 0 Å².